The highest BCUT2D eigenvalue weighted by atomic mass is 32.2. The monoisotopic (exact) mass is 509 g/mol. The number of nitrogens with zero attached hydrogens (tertiary/aromatic N) is 3. The van der Waals surface area contributed by atoms with E-state index in [2.05, 4.69) is 0 Å². The summed E-state index contributed by atoms with van der Waals surface area (Å²) in [5, 5.41) is 3.50. The van der Waals surface area contributed by atoms with E-state index in [-0.39, 0.29) is 35.8 Å². The van der Waals surface area contributed by atoms with Crippen LogP contribution in [0, 0.1) is 0 Å². The van der Waals surface area contributed by atoms with E-state index in [0.29, 0.717) is 0 Å². The van der Waals surface area contributed by atoms with E-state index >= 15 is 0 Å². The Balaban J connectivity index is 1.52. The molecule has 0 N–H and O–H groups in total. The molecule has 5 rings (SSSR count). The average molecular weight is 510 g/mol. The summed E-state index contributed by atoms with van der Waals surface area (Å²) in [6.45, 7) is 3.81. The Labute approximate surface area is 206 Å². The van der Waals surface area contributed by atoms with Gasteiger partial charge in [0.05, 0.1) is 29.8 Å². The van der Waals surface area contributed by atoms with Crippen molar-refractivity contribution in [1.29, 1.82) is 0 Å². The number of benzene rings is 4. The molecular weight excluding hydrogens is 482 g/mol. The fourth-order valence-corrected chi connectivity index (χ4v) is 7.18. The second-order valence-corrected chi connectivity index (χ2v) is 12.9. The molecule has 0 spiro atoms. The molecule has 9 heteroatoms. The van der Waals surface area contributed by atoms with Gasteiger partial charge in [-0.2, -0.15) is 8.61 Å². The third-order valence-electron chi connectivity index (χ3n) is 6.44. The highest BCUT2D eigenvalue weighted by Gasteiger charge is 2.39. The van der Waals surface area contributed by atoms with Crippen molar-refractivity contribution in [3.05, 3.63) is 84.9 Å². The molecule has 0 unspecified atom stereocenters. The van der Waals surface area contributed by atoms with Gasteiger partial charge in [-0.3, -0.25) is 4.90 Å². The van der Waals surface area contributed by atoms with Crippen LogP contribution >= 0.6 is 0 Å². The number of hydrogen-bond donors (Lipinski definition) is 0. The minimum Gasteiger partial charge on any atom is -0.273 e. The van der Waals surface area contributed by atoms with Crippen LogP contribution in [0.1, 0.15) is 13.8 Å². The smallest absolute Gasteiger partial charge is 0.245 e. The Morgan fingerprint density at radius 1 is 0.571 bits per heavy atom. The maximum atomic E-state index is 13.7. The molecule has 35 heavy (non-hydrogen) atoms. The molecule has 0 atom stereocenters. The standard InChI is InChI=1S/C26H27N3O4S2/c1-20(2)27-17-28(34(30,31)25-13-11-21-7-3-5-9-23(21)15-25)19-29(18-27)35(32,33)26-14-12-22-8-4-6-10-24(22)16-26/h3-16,20H,17-19H2,1-2H3. The van der Waals surface area contributed by atoms with Crippen LogP contribution in [0.25, 0.3) is 21.5 Å². The lowest BCUT2D eigenvalue weighted by molar-refractivity contribution is 0.0411. The van der Waals surface area contributed by atoms with Crippen molar-refractivity contribution >= 4 is 41.6 Å². The molecule has 182 valence electrons. The van der Waals surface area contributed by atoms with Gasteiger partial charge in [-0.25, -0.2) is 16.8 Å². The van der Waals surface area contributed by atoms with Crippen molar-refractivity contribution in [2.75, 3.05) is 20.0 Å². The van der Waals surface area contributed by atoms with Crippen LogP contribution in [0.4, 0.5) is 0 Å². The maximum absolute atomic E-state index is 13.7. The van der Waals surface area contributed by atoms with Crippen molar-refractivity contribution in [2.24, 2.45) is 0 Å². The summed E-state index contributed by atoms with van der Waals surface area (Å²) in [6.07, 6.45) is 0. The SMILES string of the molecule is CC(C)N1CN(S(=O)(=O)c2ccc3ccccc3c2)CN(S(=O)(=O)c2ccc3ccccc3c2)C1. The lowest BCUT2D eigenvalue weighted by Gasteiger charge is -2.42. The molecular formula is C26H27N3O4S2. The fourth-order valence-electron chi connectivity index (χ4n) is 4.30. The van der Waals surface area contributed by atoms with Crippen LogP contribution in [0.3, 0.4) is 0 Å². The fraction of sp³-hybridized carbons (Fsp3) is 0.231. The maximum Gasteiger partial charge on any atom is 0.245 e. The number of hydrogen-bond acceptors (Lipinski definition) is 5. The molecule has 7 nitrogen and oxygen atoms in total. The lowest BCUT2D eigenvalue weighted by atomic mass is 10.1. The number of rotatable bonds is 5. The van der Waals surface area contributed by atoms with Crippen molar-refractivity contribution in [3.63, 3.8) is 0 Å². The first-order valence-electron chi connectivity index (χ1n) is 11.4. The summed E-state index contributed by atoms with van der Waals surface area (Å²) in [6, 6.07) is 25.0. The molecule has 0 bridgehead atoms. The number of sulfonamides is 2. The van der Waals surface area contributed by atoms with Gasteiger partial charge in [0.2, 0.25) is 20.0 Å². The molecule has 1 aliphatic rings. The van der Waals surface area contributed by atoms with Gasteiger partial charge in [-0.05, 0) is 59.7 Å². The molecule has 0 aromatic heterocycles. The van der Waals surface area contributed by atoms with Gasteiger partial charge < -0.3 is 0 Å². The van der Waals surface area contributed by atoms with Crippen molar-refractivity contribution in [1.82, 2.24) is 13.5 Å². The van der Waals surface area contributed by atoms with E-state index in [4.69, 9.17) is 0 Å². The molecule has 1 heterocycles. The van der Waals surface area contributed by atoms with Gasteiger partial charge >= 0.3 is 0 Å². The predicted molar refractivity (Wildman–Crippen MR) is 138 cm³/mol. The molecule has 1 aliphatic heterocycles. The summed E-state index contributed by atoms with van der Waals surface area (Å²) in [5.41, 5.74) is 0. The highest BCUT2D eigenvalue weighted by molar-refractivity contribution is 7.90. The zero-order chi connectivity index (χ0) is 24.8. The first-order chi connectivity index (χ1) is 16.7. The van der Waals surface area contributed by atoms with Crippen molar-refractivity contribution in [2.45, 2.75) is 29.7 Å². The normalized spacial score (nSPS) is 16.9. The van der Waals surface area contributed by atoms with Crippen LogP contribution in [0.15, 0.2) is 94.7 Å². The highest BCUT2D eigenvalue weighted by Crippen LogP contribution is 2.28. The number of fused-ring (bicyclic) bond motifs is 2. The average Bonchev–Trinajstić information content (AvgIpc) is 2.87. The molecule has 1 saturated heterocycles. The topological polar surface area (TPSA) is 78.0 Å². The van der Waals surface area contributed by atoms with Gasteiger partial charge in [-0.1, -0.05) is 60.7 Å². The van der Waals surface area contributed by atoms with Crippen LogP contribution in [0.2, 0.25) is 0 Å². The quantitative estimate of drug-likeness (QED) is 0.402. The Bertz CT molecular complexity index is 1500. The van der Waals surface area contributed by atoms with Crippen LogP contribution in [-0.2, 0) is 20.0 Å². The Morgan fingerprint density at radius 3 is 1.37 bits per heavy atom. The van der Waals surface area contributed by atoms with Crippen LogP contribution in [-0.4, -0.2) is 56.4 Å². The molecule has 4 aromatic rings. The Morgan fingerprint density at radius 2 is 0.971 bits per heavy atom. The van der Waals surface area contributed by atoms with Gasteiger partial charge in [0, 0.05) is 6.04 Å². The van der Waals surface area contributed by atoms with E-state index in [1.54, 1.807) is 36.4 Å². The van der Waals surface area contributed by atoms with Gasteiger partial charge in [0.15, 0.2) is 0 Å². The zero-order valence-electron chi connectivity index (χ0n) is 19.6. The second kappa shape index (κ2) is 9.00. The van der Waals surface area contributed by atoms with Gasteiger partial charge in [-0.15, -0.1) is 0 Å². The largest absolute Gasteiger partial charge is 0.273 e. The Hall–Kier alpha value is -2.82. The zero-order valence-corrected chi connectivity index (χ0v) is 21.2. The minimum absolute atomic E-state index is 0.0566. The third kappa shape index (κ3) is 4.46. The predicted octanol–water partition coefficient (Wildman–Crippen LogP) is 4.27. The van der Waals surface area contributed by atoms with Crippen molar-refractivity contribution < 1.29 is 16.8 Å². The first-order valence-corrected chi connectivity index (χ1v) is 14.3. The van der Waals surface area contributed by atoms with Crippen molar-refractivity contribution in [3.8, 4) is 0 Å². The Kier molecular flexibility index (Phi) is 6.14. The van der Waals surface area contributed by atoms with E-state index < -0.39 is 20.0 Å². The van der Waals surface area contributed by atoms with Crippen LogP contribution < -0.4 is 0 Å². The molecule has 0 aliphatic carbocycles. The third-order valence-corrected chi connectivity index (χ3v) is 9.96. The molecule has 1 fully saturated rings. The van der Waals surface area contributed by atoms with E-state index in [0.717, 1.165) is 21.5 Å². The summed E-state index contributed by atoms with van der Waals surface area (Å²) < 4.78 is 57.1. The summed E-state index contributed by atoms with van der Waals surface area (Å²) in [4.78, 5) is 2.12. The van der Waals surface area contributed by atoms with E-state index in [1.165, 1.54) is 8.61 Å². The van der Waals surface area contributed by atoms with Gasteiger partial charge in [0.25, 0.3) is 0 Å². The molecule has 0 amide bonds. The van der Waals surface area contributed by atoms with Gasteiger partial charge in [0.1, 0.15) is 0 Å². The summed E-state index contributed by atoms with van der Waals surface area (Å²) in [7, 11) is -7.89. The lowest BCUT2D eigenvalue weighted by Crippen LogP contribution is -2.59. The molecule has 0 saturated carbocycles. The second-order valence-electron chi connectivity index (χ2n) is 9.04. The van der Waals surface area contributed by atoms with E-state index in [9.17, 15) is 16.8 Å². The van der Waals surface area contributed by atoms with E-state index in [1.807, 2.05) is 67.3 Å². The molecule has 0 radical (unpaired) electrons. The summed E-state index contributed by atoms with van der Waals surface area (Å²) in [5.74, 6) is 0. The minimum atomic E-state index is -3.94. The first kappa shape index (κ1) is 23.9. The van der Waals surface area contributed by atoms with Crippen LogP contribution in [0.5, 0.6) is 0 Å². The molecule has 4 aromatic carbocycles. The summed E-state index contributed by atoms with van der Waals surface area (Å²) >= 11 is 0.